The van der Waals surface area contributed by atoms with Gasteiger partial charge < -0.3 is 10.1 Å². The van der Waals surface area contributed by atoms with Crippen LogP contribution in [0.5, 0.6) is 0 Å². The Morgan fingerprint density at radius 3 is 2.79 bits per heavy atom. The Balaban J connectivity index is 1.33. The van der Waals surface area contributed by atoms with Gasteiger partial charge in [-0.1, -0.05) is 24.3 Å². The minimum atomic E-state index is 0.190. The van der Waals surface area contributed by atoms with E-state index in [0.717, 1.165) is 49.6 Å². The van der Waals surface area contributed by atoms with Gasteiger partial charge in [-0.15, -0.1) is 0 Å². The van der Waals surface area contributed by atoms with Crippen molar-refractivity contribution in [1.29, 1.82) is 0 Å². The van der Waals surface area contributed by atoms with E-state index in [9.17, 15) is 0 Å². The molecular weight excluding hydrogens is 370 g/mol. The molecule has 2 aliphatic heterocycles. The summed E-state index contributed by atoms with van der Waals surface area (Å²) in [5.74, 6) is 0. The fourth-order valence-corrected chi connectivity index (χ4v) is 5.18. The van der Waals surface area contributed by atoms with Crippen molar-refractivity contribution in [2.45, 2.75) is 31.2 Å². The first-order valence-corrected chi connectivity index (χ1v) is 10.8. The third-order valence-corrected chi connectivity index (χ3v) is 7.33. The summed E-state index contributed by atoms with van der Waals surface area (Å²) in [6, 6.07) is 6.90. The van der Waals surface area contributed by atoms with E-state index in [1.54, 1.807) is 11.3 Å². The van der Waals surface area contributed by atoms with Crippen molar-refractivity contribution in [2.24, 2.45) is 0 Å². The van der Waals surface area contributed by atoms with Gasteiger partial charge in [0.05, 0.1) is 35.3 Å². The lowest BCUT2D eigenvalue weighted by molar-refractivity contribution is -0.0283. The number of thiazole rings is 1. The van der Waals surface area contributed by atoms with E-state index in [1.165, 1.54) is 21.5 Å². The maximum absolute atomic E-state index is 5.29. The number of hydrogen-bond donors (Lipinski definition) is 1. The van der Waals surface area contributed by atoms with Crippen molar-refractivity contribution in [3.63, 3.8) is 0 Å². The van der Waals surface area contributed by atoms with Gasteiger partial charge in [0.1, 0.15) is 0 Å². The number of hydrogen-bond acceptors (Lipinski definition) is 5. The van der Waals surface area contributed by atoms with Gasteiger partial charge in [-0.2, -0.15) is 5.10 Å². The second-order valence-corrected chi connectivity index (χ2v) is 9.31. The highest BCUT2D eigenvalue weighted by atomic mass is 32.1. The molecule has 0 spiro atoms. The summed E-state index contributed by atoms with van der Waals surface area (Å²) in [6.07, 6.45) is 8.88. The van der Waals surface area contributed by atoms with Gasteiger partial charge >= 0.3 is 0 Å². The number of nitrogens with zero attached hydrogens (tertiary/aromatic N) is 4. The van der Waals surface area contributed by atoms with E-state index in [0.29, 0.717) is 6.04 Å². The highest BCUT2D eigenvalue weighted by Crippen LogP contribution is 2.36. The van der Waals surface area contributed by atoms with Gasteiger partial charge in [0.25, 0.3) is 0 Å². The van der Waals surface area contributed by atoms with Crippen molar-refractivity contribution in [1.82, 2.24) is 24.5 Å². The summed E-state index contributed by atoms with van der Waals surface area (Å²) in [5.41, 5.74) is 3.68. The van der Waals surface area contributed by atoms with Crippen LogP contribution in [0.2, 0.25) is 0 Å². The molecule has 1 N–H and O–H groups in total. The van der Waals surface area contributed by atoms with E-state index in [4.69, 9.17) is 14.8 Å². The Hall–Kier alpha value is -2.22. The summed E-state index contributed by atoms with van der Waals surface area (Å²) >= 11 is 1.76. The van der Waals surface area contributed by atoms with Gasteiger partial charge in [0, 0.05) is 29.4 Å². The van der Waals surface area contributed by atoms with Crippen LogP contribution in [0, 0.1) is 0 Å². The van der Waals surface area contributed by atoms with Gasteiger partial charge in [-0.25, -0.2) is 4.98 Å². The Kier molecular flexibility index (Phi) is 3.66. The van der Waals surface area contributed by atoms with E-state index in [2.05, 4.69) is 53.4 Å². The molecule has 5 heterocycles. The van der Waals surface area contributed by atoms with E-state index < -0.39 is 0 Å². The van der Waals surface area contributed by atoms with Crippen LogP contribution in [0.15, 0.2) is 36.8 Å². The molecule has 0 unspecified atom stereocenters. The van der Waals surface area contributed by atoms with Crippen molar-refractivity contribution in [3.8, 4) is 10.4 Å². The molecule has 2 aliphatic rings. The Bertz CT molecular complexity index is 1130. The normalized spacial score (nSPS) is 20.0. The number of fused-ring (bicyclic) bond motifs is 2. The molecule has 0 bridgehead atoms. The van der Waals surface area contributed by atoms with Crippen LogP contribution in [-0.2, 0) is 10.2 Å². The van der Waals surface area contributed by atoms with Crippen LogP contribution in [0.3, 0.4) is 0 Å². The van der Waals surface area contributed by atoms with Crippen LogP contribution in [0.4, 0.5) is 0 Å². The van der Waals surface area contributed by atoms with Crippen molar-refractivity contribution >= 4 is 27.2 Å². The second-order valence-electron chi connectivity index (χ2n) is 8.30. The molecule has 28 heavy (non-hydrogen) atoms. The molecule has 2 saturated heterocycles. The predicted octanol–water partition coefficient (Wildman–Crippen LogP) is 3.62. The summed E-state index contributed by atoms with van der Waals surface area (Å²) in [4.78, 5) is 7.30. The first kappa shape index (κ1) is 16.7. The fourth-order valence-electron chi connectivity index (χ4n) is 4.22. The van der Waals surface area contributed by atoms with E-state index >= 15 is 0 Å². The van der Waals surface area contributed by atoms with Crippen molar-refractivity contribution in [2.75, 3.05) is 26.3 Å². The molecule has 3 aromatic heterocycles. The molecule has 0 saturated carbocycles. The van der Waals surface area contributed by atoms with E-state index in [-0.39, 0.29) is 5.41 Å². The lowest BCUT2D eigenvalue weighted by atomic mass is 9.78. The molecule has 6 rings (SSSR count). The molecule has 4 aromatic rings. The first-order chi connectivity index (χ1) is 13.7. The molecule has 6 nitrogen and oxygen atoms in total. The monoisotopic (exact) mass is 393 g/mol. The maximum atomic E-state index is 5.29. The molecular formula is C21H23N5OS. The zero-order valence-corrected chi connectivity index (χ0v) is 16.7. The molecule has 0 radical (unpaired) electrons. The van der Waals surface area contributed by atoms with Gasteiger partial charge in [0.15, 0.2) is 4.96 Å². The lowest BCUT2D eigenvalue weighted by Gasteiger charge is -2.32. The van der Waals surface area contributed by atoms with Crippen LogP contribution in [0.1, 0.15) is 31.5 Å². The Morgan fingerprint density at radius 2 is 2.04 bits per heavy atom. The largest absolute Gasteiger partial charge is 0.377 e. The third kappa shape index (κ3) is 2.61. The van der Waals surface area contributed by atoms with Crippen molar-refractivity contribution < 1.29 is 4.74 Å². The highest BCUT2D eigenvalue weighted by molar-refractivity contribution is 7.20. The van der Waals surface area contributed by atoms with E-state index in [1.807, 2.05) is 4.68 Å². The van der Waals surface area contributed by atoms with Crippen LogP contribution in [-0.4, -0.2) is 45.5 Å². The number of imidazole rings is 1. The molecule has 1 aromatic carbocycles. The van der Waals surface area contributed by atoms with Crippen molar-refractivity contribution in [3.05, 3.63) is 42.5 Å². The van der Waals surface area contributed by atoms with Crippen LogP contribution < -0.4 is 5.32 Å². The molecule has 0 atom stereocenters. The Morgan fingerprint density at radius 1 is 1.18 bits per heavy atom. The topological polar surface area (TPSA) is 56.4 Å². The summed E-state index contributed by atoms with van der Waals surface area (Å²) < 4.78 is 9.53. The van der Waals surface area contributed by atoms with Crippen LogP contribution in [0.25, 0.3) is 26.3 Å². The predicted molar refractivity (Wildman–Crippen MR) is 111 cm³/mol. The number of piperidine rings is 1. The summed E-state index contributed by atoms with van der Waals surface area (Å²) in [6.45, 7) is 6.03. The number of aromatic nitrogens is 4. The molecule has 144 valence electrons. The molecule has 7 heteroatoms. The number of ether oxygens (including phenoxy) is 1. The average Bonchev–Trinajstić information content (AvgIpc) is 3.32. The smallest absolute Gasteiger partial charge is 0.194 e. The van der Waals surface area contributed by atoms with Crippen LogP contribution >= 0.6 is 11.3 Å². The molecule has 0 aliphatic carbocycles. The summed E-state index contributed by atoms with van der Waals surface area (Å²) in [5, 5.41) is 9.32. The fraction of sp³-hybridized carbons (Fsp3) is 0.429. The SMILES string of the molecule is CC1(c2cn3cc(-c4ccc5nn(C6COC6)cc5c4)sc3n2)CCNCC1. The third-order valence-electron chi connectivity index (χ3n) is 6.28. The zero-order valence-electron chi connectivity index (χ0n) is 15.9. The molecule has 2 fully saturated rings. The minimum absolute atomic E-state index is 0.190. The van der Waals surface area contributed by atoms with Gasteiger partial charge in [-0.3, -0.25) is 9.08 Å². The van der Waals surface area contributed by atoms with Gasteiger partial charge in [0.2, 0.25) is 0 Å². The quantitative estimate of drug-likeness (QED) is 0.578. The summed E-state index contributed by atoms with van der Waals surface area (Å²) in [7, 11) is 0. The number of benzene rings is 1. The van der Waals surface area contributed by atoms with Gasteiger partial charge in [-0.05, 0) is 43.6 Å². The Labute approximate surface area is 167 Å². The first-order valence-electron chi connectivity index (χ1n) is 9.95. The zero-order chi connectivity index (χ0) is 18.7. The molecule has 0 amide bonds. The second kappa shape index (κ2) is 6.14. The standard InChI is InChI=1S/C21H23N5OS/c1-21(4-6-22-7-5-21)19-11-25-10-18(28-20(25)23-19)14-2-3-17-15(8-14)9-26(24-17)16-12-27-13-16/h2-3,8-11,16,22H,4-7,12-13H2,1H3. The maximum Gasteiger partial charge on any atom is 0.194 e. The number of nitrogens with one attached hydrogen (secondary N) is 1. The highest BCUT2D eigenvalue weighted by Gasteiger charge is 2.31. The number of rotatable bonds is 3. The lowest BCUT2D eigenvalue weighted by Crippen LogP contribution is -2.37. The minimum Gasteiger partial charge on any atom is -0.377 e. The average molecular weight is 394 g/mol.